The summed E-state index contributed by atoms with van der Waals surface area (Å²) in [5.74, 6) is 0.179. The van der Waals surface area contributed by atoms with Crippen molar-refractivity contribution < 1.29 is 9.32 Å². The molecule has 0 aliphatic rings. The summed E-state index contributed by atoms with van der Waals surface area (Å²) in [5, 5.41) is 3.86. The van der Waals surface area contributed by atoms with Crippen LogP contribution in [0.1, 0.15) is 21.8 Å². The smallest absolute Gasteiger partial charge is 0.299 e. The third-order valence-corrected chi connectivity index (χ3v) is 3.04. The van der Waals surface area contributed by atoms with Gasteiger partial charge in [0.1, 0.15) is 0 Å². The van der Waals surface area contributed by atoms with Crippen LogP contribution in [0.3, 0.4) is 0 Å². The molecule has 4 heteroatoms. The molecule has 3 rings (SSSR count). The van der Waals surface area contributed by atoms with Crippen molar-refractivity contribution in [2.45, 2.75) is 6.92 Å². The molecular formula is C16H12N2O2. The molecule has 0 fully saturated rings. The van der Waals surface area contributed by atoms with Gasteiger partial charge in [-0.3, -0.25) is 4.79 Å². The fourth-order valence-corrected chi connectivity index (χ4v) is 1.96. The van der Waals surface area contributed by atoms with Gasteiger partial charge in [0.2, 0.25) is 5.82 Å². The van der Waals surface area contributed by atoms with Gasteiger partial charge in [0.05, 0.1) is 0 Å². The van der Waals surface area contributed by atoms with E-state index in [9.17, 15) is 4.79 Å². The lowest BCUT2D eigenvalue weighted by molar-refractivity contribution is 0.0993. The molecule has 1 heterocycles. The predicted octanol–water partition coefficient (Wildman–Crippen LogP) is 3.28. The maximum atomic E-state index is 12.3. The molecular weight excluding hydrogens is 252 g/mol. The van der Waals surface area contributed by atoms with Crippen molar-refractivity contribution in [3.63, 3.8) is 0 Å². The summed E-state index contributed by atoms with van der Waals surface area (Å²) in [5.41, 5.74) is 2.29. The Labute approximate surface area is 116 Å². The largest absolute Gasteiger partial charge is 0.330 e. The summed E-state index contributed by atoms with van der Waals surface area (Å²) >= 11 is 0. The molecule has 0 spiro atoms. The number of carbonyl (C=O) groups excluding carboxylic acids is 1. The van der Waals surface area contributed by atoms with Crippen LogP contribution in [-0.2, 0) is 0 Å². The molecule has 4 nitrogen and oxygen atoms in total. The molecule has 0 saturated carbocycles. The van der Waals surface area contributed by atoms with E-state index in [2.05, 4.69) is 10.1 Å². The van der Waals surface area contributed by atoms with Crippen LogP contribution >= 0.6 is 0 Å². The summed E-state index contributed by atoms with van der Waals surface area (Å²) in [7, 11) is 0. The number of ketones is 1. The van der Waals surface area contributed by atoms with Crippen molar-refractivity contribution in [2.75, 3.05) is 0 Å². The minimum atomic E-state index is -0.252. The van der Waals surface area contributed by atoms with Crippen LogP contribution in [0.5, 0.6) is 0 Å². The SMILES string of the molecule is Cc1ccccc1C(=O)c1nc(-c2ccccc2)no1. The standard InChI is InChI=1S/C16H12N2O2/c1-11-7-5-6-10-13(11)14(19)16-17-15(18-20-16)12-8-3-2-4-9-12/h2-10H,1H3. The lowest BCUT2D eigenvalue weighted by Gasteiger charge is -1.99. The second-order valence-corrected chi connectivity index (χ2v) is 4.43. The van der Waals surface area contributed by atoms with Crippen molar-refractivity contribution in [1.29, 1.82) is 0 Å². The molecule has 1 aromatic heterocycles. The molecule has 2 aromatic carbocycles. The first-order valence-electron chi connectivity index (χ1n) is 6.25. The number of aryl methyl sites for hydroxylation is 1. The van der Waals surface area contributed by atoms with E-state index in [4.69, 9.17) is 4.52 Å². The second-order valence-electron chi connectivity index (χ2n) is 4.43. The van der Waals surface area contributed by atoms with Crippen LogP contribution in [0, 0.1) is 6.92 Å². The molecule has 0 N–H and O–H groups in total. The number of aromatic nitrogens is 2. The Morgan fingerprint density at radius 1 is 1.00 bits per heavy atom. The third kappa shape index (κ3) is 2.23. The Hall–Kier alpha value is -2.75. The van der Waals surface area contributed by atoms with Gasteiger partial charge in [-0.25, -0.2) is 0 Å². The Bertz CT molecular complexity index is 748. The number of hydrogen-bond acceptors (Lipinski definition) is 4. The molecule has 0 amide bonds. The molecule has 0 unspecified atom stereocenters. The minimum absolute atomic E-state index is 0.0122. The van der Waals surface area contributed by atoms with E-state index in [1.165, 1.54) is 0 Å². The normalized spacial score (nSPS) is 10.4. The van der Waals surface area contributed by atoms with Crippen LogP contribution in [0.2, 0.25) is 0 Å². The summed E-state index contributed by atoms with van der Waals surface area (Å²) in [4.78, 5) is 16.5. The van der Waals surface area contributed by atoms with E-state index in [1.54, 1.807) is 6.07 Å². The van der Waals surface area contributed by atoms with Crippen molar-refractivity contribution in [3.05, 3.63) is 71.6 Å². The maximum absolute atomic E-state index is 12.3. The molecule has 98 valence electrons. The highest BCUT2D eigenvalue weighted by Crippen LogP contribution is 2.17. The Morgan fingerprint density at radius 2 is 1.70 bits per heavy atom. The summed E-state index contributed by atoms with van der Waals surface area (Å²) in [6.07, 6.45) is 0. The van der Waals surface area contributed by atoms with Gasteiger partial charge in [0.25, 0.3) is 11.7 Å². The van der Waals surface area contributed by atoms with Crippen LogP contribution in [-0.4, -0.2) is 15.9 Å². The number of hydrogen-bond donors (Lipinski definition) is 0. The van der Waals surface area contributed by atoms with Crippen molar-refractivity contribution >= 4 is 5.78 Å². The first-order valence-corrected chi connectivity index (χ1v) is 6.25. The number of benzene rings is 2. The minimum Gasteiger partial charge on any atom is -0.330 e. The second kappa shape index (κ2) is 5.09. The Balaban J connectivity index is 1.95. The molecule has 3 aromatic rings. The summed E-state index contributed by atoms with van der Waals surface area (Å²) < 4.78 is 5.08. The van der Waals surface area contributed by atoms with Gasteiger partial charge >= 0.3 is 0 Å². The lowest BCUT2D eigenvalue weighted by atomic mass is 10.1. The van der Waals surface area contributed by atoms with Crippen LogP contribution < -0.4 is 0 Å². The van der Waals surface area contributed by atoms with Gasteiger partial charge in [-0.1, -0.05) is 59.8 Å². The van der Waals surface area contributed by atoms with E-state index in [0.29, 0.717) is 11.4 Å². The van der Waals surface area contributed by atoms with Gasteiger partial charge < -0.3 is 4.52 Å². The van der Waals surface area contributed by atoms with Crippen LogP contribution in [0.25, 0.3) is 11.4 Å². The highest BCUT2D eigenvalue weighted by molar-refractivity contribution is 6.06. The van der Waals surface area contributed by atoms with Gasteiger partial charge in [-0.2, -0.15) is 4.98 Å². The van der Waals surface area contributed by atoms with E-state index >= 15 is 0 Å². The van der Waals surface area contributed by atoms with E-state index in [0.717, 1.165) is 11.1 Å². The zero-order valence-corrected chi connectivity index (χ0v) is 10.9. The van der Waals surface area contributed by atoms with Gasteiger partial charge in [0, 0.05) is 11.1 Å². The van der Waals surface area contributed by atoms with Crippen molar-refractivity contribution in [1.82, 2.24) is 10.1 Å². The third-order valence-electron chi connectivity index (χ3n) is 3.04. The zero-order valence-electron chi connectivity index (χ0n) is 10.9. The predicted molar refractivity (Wildman–Crippen MR) is 74.3 cm³/mol. The summed E-state index contributed by atoms with van der Waals surface area (Å²) in [6.45, 7) is 1.88. The van der Waals surface area contributed by atoms with E-state index < -0.39 is 0 Å². The van der Waals surface area contributed by atoms with Gasteiger partial charge in [-0.15, -0.1) is 0 Å². The molecule has 0 aliphatic carbocycles. The first kappa shape index (κ1) is 12.3. The summed E-state index contributed by atoms with van der Waals surface area (Å²) in [6, 6.07) is 16.7. The fourth-order valence-electron chi connectivity index (χ4n) is 1.96. The zero-order chi connectivity index (χ0) is 13.9. The maximum Gasteiger partial charge on any atom is 0.299 e. The fraction of sp³-hybridized carbons (Fsp3) is 0.0625. The molecule has 20 heavy (non-hydrogen) atoms. The average Bonchev–Trinajstić information content (AvgIpc) is 2.98. The average molecular weight is 264 g/mol. The highest BCUT2D eigenvalue weighted by Gasteiger charge is 2.19. The van der Waals surface area contributed by atoms with E-state index in [-0.39, 0.29) is 11.7 Å². The topological polar surface area (TPSA) is 56.0 Å². The molecule has 0 bridgehead atoms. The van der Waals surface area contributed by atoms with Crippen molar-refractivity contribution in [3.8, 4) is 11.4 Å². The van der Waals surface area contributed by atoms with Crippen LogP contribution in [0.15, 0.2) is 59.1 Å². The van der Waals surface area contributed by atoms with E-state index in [1.807, 2.05) is 55.5 Å². The molecule has 0 atom stereocenters. The first-order chi connectivity index (χ1) is 9.75. The quantitative estimate of drug-likeness (QED) is 0.681. The molecule has 0 aliphatic heterocycles. The molecule has 0 radical (unpaired) electrons. The van der Waals surface area contributed by atoms with Gasteiger partial charge in [0.15, 0.2) is 0 Å². The number of nitrogens with zero attached hydrogens (tertiary/aromatic N) is 2. The lowest BCUT2D eigenvalue weighted by Crippen LogP contribution is -2.03. The monoisotopic (exact) mass is 264 g/mol. The van der Waals surface area contributed by atoms with Crippen LogP contribution in [0.4, 0.5) is 0 Å². The number of carbonyl (C=O) groups is 1. The number of rotatable bonds is 3. The Kier molecular flexibility index (Phi) is 3.13. The highest BCUT2D eigenvalue weighted by atomic mass is 16.5. The molecule has 0 saturated heterocycles. The Morgan fingerprint density at radius 3 is 2.45 bits per heavy atom. The van der Waals surface area contributed by atoms with Gasteiger partial charge in [-0.05, 0) is 12.5 Å². The van der Waals surface area contributed by atoms with Crippen molar-refractivity contribution in [2.24, 2.45) is 0 Å².